The van der Waals surface area contributed by atoms with E-state index in [2.05, 4.69) is 30.2 Å². The Labute approximate surface area is 132 Å². The second kappa shape index (κ2) is 5.88. The van der Waals surface area contributed by atoms with Crippen LogP contribution in [0, 0.1) is 0 Å². The molecule has 0 aliphatic heterocycles. The summed E-state index contributed by atoms with van der Waals surface area (Å²) in [6.45, 7) is 0.732. The molecule has 3 heterocycles. The number of fused-ring (bicyclic) bond motifs is 1. The summed E-state index contributed by atoms with van der Waals surface area (Å²) >= 11 is 0. The fourth-order valence-electron chi connectivity index (χ4n) is 2.44. The van der Waals surface area contributed by atoms with Crippen molar-refractivity contribution in [2.45, 2.75) is 6.42 Å². The molecule has 2 N–H and O–H groups in total. The Balaban J connectivity index is 1.54. The quantitative estimate of drug-likeness (QED) is 0.590. The van der Waals surface area contributed by atoms with Gasteiger partial charge in [-0.3, -0.25) is 4.57 Å². The molecule has 0 atom stereocenters. The van der Waals surface area contributed by atoms with Crippen LogP contribution in [0.3, 0.4) is 0 Å². The lowest BCUT2D eigenvalue weighted by atomic mass is 10.3. The zero-order valence-electron chi connectivity index (χ0n) is 12.3. The van der Waals surface area contributed by atoms with Crippen LogP contribution in [0.25, 0.3) is 16.9 Å². The summed E-state index contributed by atoms with van der Waals surface area (Å²) in [7, 11) is 0. The molecule has 0 fully saturated rings. The van der Waals surface area contributed by atoms with Gasteiger partial charge < -0.3 is 10.3 Å². The third kappa shape index (κ3) is 2.76. The smallest absolute Gasteiger partial charge is 0.224 e. The Morgan fingerprint density at radius 3 is 3.00 bits per heavy atom. The van der Waals surface area contributed by atoms with Gasteiger partial charge in [-0.2, -0.15) is 4.98 Å². The summed E-state index contributed by atoms with van der Waals surface area (Å²) in [5, 5.41) is 3.23. The van der Waals surface area contributed by atoms with Crippen LogP contribution in [0.4, 0.5) is 5.95 Å². The molecule has 1 aromatic carbocycles. The predicted molar refractivity (Wildman–Crippen MR) is 87.4 cm³/mol. The standard InChI is InChI=1S/C16H15N7/c1-2-4-14-13(3-1)21-11-23(14)15-6-8-19-16(22-15)18-7-5-12-9-17-10-20-12/h1-4,6,8-11H,5,7H2,(H,17,20)(H,18,19,22). The maximum absolute atomic E-state index is 4.56. The maximum Gasteiger partial charge on any atom is 0.224 e. The Kier molecular flexibility index (Phi) is 3.44. The normalized spacial score (nSPS) is 11.0. The van der Waals surface area contributed by atoms with Crippen molar-refractivity contribution in [1.82, 2.24) is 29.5 Å². The first-order valence-electron chi connectivity index (χ1n) is 7.37. The molecule has 0 spiro atoms. The van der Waals surface area contributed by atoms with Gasteiger partial charge >= 0.3 is 0 Å². The number of anilines is 1. The van der Waals surface area contributed by atoms with E-state index in [0.29, 0.717) is 5.95 Å². The van der Waals surface area contributed by atoms with Gasteiger partial charge in [0.05, 0.1) is 17.4 Å². The minimum atomic E-state index is 0.597. The number of nitrogens with zero attached hydrogens (tertiary/aromatic N) is 5. The summed E-state index contributed by atoms with van der Waals surface area (Å²) in [6, 6.07) is 9.84. The van der Waals surface area contributed by atoms with Gasteiger partial charge in [0, 0.05) is 31.1 Å². The van der Waals surface area contributed by atoms with Crippen LogP contribution in [0.1, 0.15) is 5.69 Å². The van der Waals surface area contributed by atoms with Gasteiger partial charge in [0.15, 0.2) is 0 Å². The molecule has 4 aromatic rings. The van der Waals surface area contributed by atoms with Gasteiger partial charge in [-0.05, 0) is 18.2 Å². The van der Waals surface area contributed by atoms with Crippen molar-refractivity contribution in [1.29, 1.82) is 0 Å². The number of nitrogens with one attached hydrogen (secondary N) is 2. The number of hydrogen-bond acceptors (Lipinski definition) is 5. The number of benzene rings is 1. The zero-order valence-corrected chi connectivity index (χ0v) is 12.3. The van der Waals surface area contributed by atoms with Gasteiger partial charge in [-0.25, -0.2) is 15.0 Å². The SMILES string of the molecule is c1ccc2c(c1)ncn2-c1ccnc(NCCc2cnc[nH]2)n1. The number of para-hydroxylation sites is 2. The number of aromatic amines is 1. The molecule has 0 radical (unpaired) electrons. The predicted octanol–water partition coefficient (Wildman–Crippen LogP) is 2.19. The van der Waals surface area contributed by atoms with Crippen molar-refractivity contribution < 1.29 is 0 Å². The van der Waals surface area contributed by atoms with Crippen LogP contribution in [0.2, 0.25) is 0 Å². The summed E-state index contributed by atoms with van der Waals surface area (Å²) in [6.07, 6.45) is 7.85. The number of imidazole rings is 2. The first-order chi connectivity index (χ1) is 11.4. The fraction of sp³-hybridized carbons (Fsp3) is 0.125. The Hall–Kier alpha value is -3.22. The van der Waals surface area contributed by atoms with Crippen LogP contribution in [0.5, 0.6) is 0 Å². The second-order valence-corrected chi connectivity index (χ2v) is 5.10. The molecule has 0 unspecified atom stereocenters. The monoisotopic (exact) mass is 305 g/mol. The average molecular weight is 305 g/mol. The van der Waals surface area contributed by atoms with Crippen LogP contribution < -0.4 is 5.32 Å². The largest absolute Gasteiger partial charge is 0.354 e. The highest BCUT2D eigenvalue weighted by Crippen LogP contribution is 2.16. The van der Waals surface area contributed by atoms with E-state index in [1.54, 1.807) is 18.9 Å². The minimum absolute atomic E-state index is 0.597. The molecule has 23 heavy (non-hydrogen) atoms. The van der Waals surface area contributed by atoms with E-state index in [1.807, 2.05) is 41.1 Å². The molecular weight excluding hydrogens is 290 g/mol. The molecule has 7 heteroatoms. The Bertz CT molecular complexity index is 911. The van der Waals surface area contributed by atoms with Crippen molar-refractivity contribution in [3.63, 3.8) is 0 Å². The minimum Gasteiger partial charge on any atom is -0.354 e. The molecule has 4 rings (SSSR count). The lowest BCUT2D eigenvalue weighted by molar-refractivity contribution is 0.936. The first-order valence-corrected chi connectivity index (χ1v) is 7.37. The van der Waals surface area contributed by atoms with E-state index in [-0.39, 0.29) is 0 Å². The van der Waals surface area contributed by atoms with Crippen LogP contribution >= 0.6 is 0 Å². The average Bonchev–Trinajstić information content (AvgIpc) is 3.24. The van der Waals surface area contributed by atoms with Gasteiger partial charge in [-0.1, -0.05) is 12.1 Å². The van der Waals surface area contributed by atoms with Gasteiger partial charge in [0.2, 0.25) is 5.95 Å². The van der Waals surface area contributed by atoms with E-state index in [0.717, 1.165) is 35.5 Å². The fourth-order valence-corrected chi connectivity index (χ4v) is 2.44. The van der Waals surface area contributed by atoms with Crippen LogP contribution in [0.15, 0.2) is 55.4 Å². The van der Waals surface area contributed by atoms with Crippen LogP contribution in [-0.4, -0.2) is 36.0 Å². The summed E-state index contributed by atoms with van der Waals surface area (Å²) in [4.78, 5) is 20.3. The van der Waals surface area contributed by atoms with Crippen molar-refractivity contribution in [3.05, 3.63) is 61.1 Å². The third-order valence-corrected chi connectivity index (χ3v) is 3.57. The van der Waals surface area contributed by atoms with Crippen molar-refractivity contribution in [2.75, 3.05) is 11.9 Å². The van der Waals surface area contributed by atoms with Gasteiger partial charge in [0.1, 0.15) is 12.1 Å². The summed E-state index contributed by atoms with van der Waals surface area (Å²) < 4.78 is 1.96. The van der Waals surface area contributed by atoms with E-state index in [1.165, 1.54) is 0 Å². The van der Waals surface area contributed by atoms with Gasteiger partial charge in [0.25, 0.3) is 0 Å². The van der Waals surface area contributed by atoms with Crippen molar-refractivity contribution in [2.24, 2.45) is 0 Å². The molecule has 0 bridgehead atoms. The van der Waals surface area contributed by atoms with E-state index in [4.69, 9.17) is 0 Å². The number of H-pyrrole nitrogens is 1. The van der Waals surface area contributed by atoms with E-state index in [9.17, 15) is 0 Å². The highest BCUT2D eigenvalue weighted by atomic mass is 15.2. The summed E-state index contributed by atoms with van der Waals surface area (Å²) in [5.74, 6) is 1.39. The van der Waals surface area contributed by atoms with Crippen molar-refractivity contribution >= 4 is 17.0 Å². The molecular formula is C16H15N7. The molecule has 3 aromatic heterocycles. The molecule has 0 aliphatic rings. The highest BCUT2D eigenvalue weighted by Gasteiger charge is 2.06. The Morgan fingerprint density at radius 1 is 1.13 bits per heavy atom. The molecule has 7 nitrogen and oxygen atoms in total. The lowest BCUT2D eigenvalue weighted by Gasteiger charge is -2.07. The summed E-state index contributed by atoms with van der Waals surface area (Å²) in [5.41, 5.74) is 3.05. The number of aromatic nitrogens is 6. The van der Waals surface area contributed by atoms with E-state index >= 15 is 0 Å². The topological polar surface area (TPSA) is 84.3 Å². The molecule has 0 amide bonds. The lowest BCUT2D eigenvalue weighted by Crippen LogP contribution is -2.09. The maximum atomic E-state index is 4.56. The second-order valence-electron chi connectivity index (χ2n) is 5.10. The molecule has 114 valence electrons. The molecule has 0 saturated heterocycles. The van der Waals surface area contributed by atoms with Crippen molar-refractivity contribution in [3.8, 4) is 5.82 Å². The van der Waals surface area contributed by atoms with Crippen LogP contribution in [-0.2, 0) is 6.42 Å². The Morgan fingerprint density at radius 2 is 2.09 bits per heavy atom. The number of hydrogen-bond donors (Lipinski definition) is 2. The first kappa shape index (κ1) is 13.4. The molecule has 0 saturated carbocycles. The highest BCUT2D eigenvalue weighted by molar-refractivity contribution is 5.76. The third-order valence-electron chi connectivity index (χ3n) is 3.57. The number of rotatable bonds is 5. The molecule has 0 aliphatic carbocycles. The zero-order chi connectivity index (χ0) is 15.5. The van der Waals surface area contributed by atoms with E-state index < -0.39 is 0 Å². The van der Waals surface area contributed by atoms with Gasteiger partial charge in [-0.15, -0.1) is 0 Å².